The zero-order valence-corrected chi connectivity index (χ0v) is 10.4. The molecular formula is C12H13ClN2O2. The van der Waals surface area contributed by atoms with Crippen LogP contribution >= 0.6 is 11.6 Å². The first kappa shape index (κ1) is 13.3. The van der Waals surface area contributed by atoms with Gasteiger partial charge in [0.25, 0.3) is 0 Å². The molecule has 0 aliphatic heterocycles. The van der Waals surface area contributed by atoms with E-state index in [4.69, 9.17) is 22.0 Å². The zero-order chi connectivity index (χ0) is 13.0. The Hall–Kier alpha value is -1.73. The van der Waals surface area contributed by atoms with Crippen LogP contribution in [0.15, 0.2) is 18.2 Å². The minimum absolute atomic E-state index is 0.362. The van der Waals surface area contributed by atoms with Crippen molar-refractivity contribution in [1.29, 1.82) is 5.26 Å². The molecule has 0 amide bonds. The highest BCUT2D eigenvalue weighted by molar-refractivity contribution is 6.33. The topological polar surface area (TPSA) is 64.3 Å². The summed E-state index contributed by atoms with van der Waals surface area (Å²) in [5, 5.41) is 18.0. The maximum absolute atomic E-state index is 10.7. The summed E-state index contributed by atoms with van der Waals surface area (Å²) in [6.45, 7) is 2.00. The maximum Gasteiger partial charge on any atom is 0.308 e. The second-order valence-electron chi connectivity index (χ2n) is 3.90. The summed E-state index contributed by atoms with van der Waals surface area (Å²) >= 11 is 6.03. The quantitative estimate of drug-likeness (QED) is 0.894. The van der Waals surface area contributed by atoms with Crippen molar-refractivity contribution in [2.75, 3.05) is 18.5 Å². The SMILES string of the molecule is CC(CN(C)c1ccc(C#N)cc1Cl)C(=O)O. The van der Waals surface area contributed by atoms with E-state index in [1.54, 1.807) is 37.1 Å². The molecule has 90 valence electrons. The lowest BCUT2D eigenvalue weighted by atomic mass is 10.1. The van der Waals surface area contributed by atoms with Gasteiger partial charge in [-0.3, -0.25) is 4.79 Å². The van der Waals surface area contributed by atoms with Gasteiger partial charge in [-0.1, -0.05) is 18.5 Å². The van der Waals surface area contributed by atoms with E-state index < -0.39 is 11.9 Å². The van der Waals surface area contributed by atoms with Gasteiger partial charge in [0.15, 0.2) is 0 Å². The van der Waals surface area contributed by atoms with E-state index in [1.165, 1.54) is 0 Å². The Morgan fingerprint density at radius 2 is 2.29 bits per heavy atom. The average molecular weight is 253 g/mol. The first-order chi connectivity index (χ1) is 7.95. The number of nitriles is 1. The van der Waals surface area contributed by atoms with Gasteiger partial charge in [-0.15, -0.1) is 0 Å². The monoisotopic (exact) mass is 252 g/mol. The number of carboxylic acid groups (broad SMARTS) is 1. The second kappa shape index (κ2) is 5.55. The van der Waals surface area contributed by atoms with Crippen molar-refractivity contribution in [3.63, 3.8) is 0 Å². The first-order valence-corrected chi connectivity index (χ1v) is 5.47. The van der Waals surface area contributed by atoms with E-state index >= 15 is 0 Å². The molecule has 0 bridgehead atoms. The van der Waals surface area contributed by atoms with Crippen LogP contribution in [0.25, 0.3) is 0 Å². The van der Waals surface area contributed by atoms with Gasteiger partial charge in [0, 0.05) is 13.6 Å². The first-order valence-electron chi connectivity index (χ1n) is 5.09. The molecular weight excluding hydrogens is 240 g/mol. The van der Waals surface area contributed by atoms with Crippen LogP contribution < -0.4 is 4.90 Å². The molecule has 5 heteroatoms. The van der Waals surface area contributed by atoms with Crippen LogP contribution in [0, 0.1) is 17.2 Å². The van der Waals surface area contributed by atoms with E-state index in [0.717, 1.165) is 5.69 Å². The van der Waals surface area contributed by atoms with Crippen LogP contribution in [0.5, 0.6) is 0 Å². The molecule has 17 heavy (non-hydrogen) atoms. The molecule has 1 aromatic rings. The molecule has 0 saturated heterocycles. The smallest absolute Gasteiger partial charge is 0.308 e. The Labute approximate surface area is 105 Å². The average Bonchev–Trinajstić information content (AvgIpc) is 2.28. The maximum atomic E-state index is 10.7. The van der Waals surface area contributed by atoms with Gasteiger partial charge in [-0.05, 0) is 18.2 Å². The Bertz CT molecular complexity index is 468. The number of halogens is 1. The van der Waals surface area contributed by atoms with Crippen molar-refractivity contribution >= 4 is 23.3 Å². The summed E-state index contributed by atoms with van der Waals surface area (Å²) in [5.74, 6) is -1.33. The molecule has 1 unspecified atom stereocenters. The van der Waals surface area contributed by atoms with Gasteiger partial charge < -0.3 is 10.0 Å². The van der Waals surface area contributed by atoms with Crippen molar-refractivity contribution < 1.29 is 9.90 Å². The molecule has 4 nitrogen and oxygen atoms in total. The molecule has 0 aromatic heterocycles. The molecule has 1 N–H and O–H groups in total. The standard InChI is InChI=1S/C12H13ClN2O2/c1-8(12(16)17)7-15(2)11-4-3-9(6-14)5-10(11)13/h3-5,8H,7H2,1-2H3,(H,16,17). The summed E-state index contributed by atoms with van der Waals surface area (Å²) in [6, 6.07) is 6.94. The Kier molecular flexibility index (Phi) is 4.36. The highest BCUT2D eigenvalue weighted by atomic mass is 35.5. The van der Waals surface area contributed by atoms with Crippen LogP contribution in [0.1, 0.15) is 12.5 Å². The lowest BCUT2D eigenvalue weighted by molar-refractivity contribution is -0.140. The van der Waals surface area contributed by atoms with Gasteiger partial charge in [0.05, 0.1) is 28.3 Å². The summed E-state index contributed by atoms with van der Waals surface area (Å²) in [6.07, 6.45) is 0. The van der Waals surface area contributed by atoms with Crippen LogP contribution in [-0.2, 0) is 4.79 Å². The second-order valence-corrected chi connectivity index (χ2v) is 4.31. The number of anilines is 1. The number of carboxylic acids is 1. The van der Waals surface area contributed by atoms with Crippen molar-refractivity contribution in [2.24, 2.45) is 5.92 Å². The largest absolute Gasteiger partial charge is 0.481 e. The van der Waals surface area contributed by atoms with Gasteiger partial charge in [-0.2, -0.15) is 5.26 Å². The summed E-state index contributed by atoms with van der Waals surface area (Å²) in [5.41, 5.74) is 1.21. The number of hydrogen-bond donors (Lipinski definition) is 1. The molecule has 0 fully saturated rings. The zero-order valence-electron chi connectivity index (χ0n) is 9.64. The highest BCUT2D eigenvalue weighted by Crippen LogP contribution is 2.26. The Morgan fingerprint density at radius 3 is 2.76 bits per heavy atom. The fraction of sp³-hybridized carbons (Fsp3) is 0.333. The number of aliphatic carboxylic acids is 1. The number of rotatable bonds is 4. The number of nitrogens with zero attached hydrogens (tertiary/aromatic N) is 2. The van der Waals surface area contributed by atoms with Gasteiger partial charge in [-0.25, -0.2) is 0 Å². The number of hydrogen-bond acceptors (Lipinski definition) is 3. The van der Waals surface area contributed by atoms with E-state index in [-0.39, 0.29) is 0 Å². The van der Waals surface area contributed by atoms with Gasteiger partial charge >= 0.3 is 5.97 Å². The van der Waals surface area contributed by atoms with Crippen molar-refractivity contribution in [2.45, 2.75) is 6.92 Å². The van der Waals surface area contributed by atoms with Crippen LogP contribution in [0.2, 0.25) is 5.02 Å². The predicted octanol–water partition coefficient (Wildman–Crippen LogP) is 2.37. The Balaban J connectivity index is 2.86. The van der Waals surface area contributed by atoms with E-state index in [0.29, 0.717) is 17.1 Å². The summed E-state index contributed by atoms with van der Waals surface area (Å²) in [4.78, 5) is 12.5. The lowest BCUT2D eigenvalue weighted by Crippen LogP contribution is -2.28. The third-order valence-electron chi connectivity index (χ3n) is 2.46. The summed E-state index contributed by atoms with van der Waals surface area (Å²) in [7, 11) is 1.77. The molecule has 0 saturated carbocycles. The fourth-order valence-corrected chi connectivity index (χ4v) is 1.80. The van der Waals surface area contributed by atoms with Crippen LogP contribution in [0.4, 0.5) is 5.69 Å². The van der Waals surface area contributed by atoms with Crippen LogP contribution in [-0.4, -0.2) is 24.7 Å². The minimum Gasteiger partial charge on any atom is -0.481 e. The van der Waals surface area contributed by atoms with Crippen molar-refractivity contribution in [3.8, 4) is 6.07 Å². The molecule has 0 aliphatic rings. The molecule has 0 aliphatic carbocycles. The van der Waals surface area contributed by atoms with Gasteiger partial charge in [0.1, 0.15) is 0 Å². The van der Waals surface area contributed by atoms with E-state index in [2.05, 4.69) is 0 Å². The normalized spacial score (nSPS) is 11.6. The lowest BCUT2D eigenvalue weighted by Gasteiger charge is -2.22. The number of benzene rings is 1. The van der Waals surface area contributed by atoms with E-state index in [9.17, 15) is 4.79 Å². The molecule has 1 rings (SSSR count). The van der Waals surface area contributed by atoms with Crippen molar-refractivity contribution in [1.82, 2.24) is 0 Å². The molecule has 0 heterocycles. The number of carbonyl (C=O) groups is 1. The highest BCUT2D eigenvalue weighted by Gasteiger charge is 2.15. The molecule has 0 spiro atoms. The molecule has 1 aromatic carbocycles. The minimum atomic E-state index is -0.846. The van der Waals surface area contributed by atoms with Gasteiger partial charge in [0.2, 0.25) is 0 Å². The summed E-state index contributed by atoms with van der Waals surface area (Å²) < 4.78 is 0. The fourth-order valence-electron chi connectivity index (χ4n) is 1.47. The third-order valence-corrected chi connectivity index (χ3v) is 2.76. The van der Waals surface area contributed by atoms with Crippen molar-refractivity contribution in [3.05, 3.63) is 28.8 Å². The molecule has 0 radical (unpaired) electrons. The van der Waals surface area contributed by atoms with E-state index in [1.807, 2.05) is 6.07 Å². The van der Waals surface area contributed by atoms with Crippen LogP contribution in [0.3, 0.4) is 0 Å². The third kappa shape index (κ3) is 3.36. The Morgan fingerprint density at radius 1 is 1.65 bits per heavy atom. The predicted molar refractivity (Wildman–Crippen MR) is 66.2 cm³/mol. The molecule has 1 atom stereocenters.